The SMILES string of the molecule is CCOc1cc([C@@H](C)C2=C(c3c(N)ccc4ccccc34)CC(C)(C)CC2=O)cc(I)c1O. The second-order valence-electron chi connectivity index (χ2n) is 9.59. The molecule has 0 bridgehead atoms. The molecule has 0 saturated heterocycles. The van der Waals surface area contributed by atoms with E-state index in [1.165, 1.54) is 0 Å². The van der Waals surface area contributed by atoms with Gasteiger partial charge in [0, 0.05) is 29.2 Å². The van der Waals surface area contributed by atoms with E-state index in [0.717, 1.165) is 39.5 Å². The highest BCUT2D eigenvalue weighted by molar-refractivity contribution is 14.1. The Bertz CT molecular complexity index is 1280. The number of fused-ring (bicyclic) bond motifs is 1. The Balaban J connectivity index is 1.98. The number of ether oxygens (including phenoxy) is 1. The van der Waals surface area contributed by atoms with Gasteiger partial charge in [-0.2, -0.15) is 0 Å². The molecule has 4 rings (SSSR count). The lowest BCUT2D eigenvalue weighted by Crippen LogP contribution is -2.27. The summed E-state index contributed by atoms with van der Waals surface area (Å²) in [6, 6.07) is 16.0. The van der Waals surface area contributed by atoms with Crippen molar-refractivity contribution in [1.29, 1.82) is 0 Å². The van der Waals surface area contributed by atoms with Crippen molar-refractivity contribution < 1.29 is 14.6 Å². The summed E-state index contributed by atoms with van der Waals surface area (Å²) in [5.41, 5.74) is 10.8. The first-order valence-corrected chi connectivity index (χ1v) is 12.4. The summed E-state index contributed by atoms with van der Waals surface area (Å²) < 4.78 is 6.37. The van der Waals surface area contributed by atoms with Crippen LogP contribution in [-0.2, 0) is 4.79 Å². The maximum absolute atomic E-state index is 13.6. The standard InChI is InChI=1S/C28H30INO3/c1-5-33-24-13-18(12-21(29)27(24)32)16(2)25-20(14-28(3,4)15-23(25)31)26-19-9-7-6-8-17(19)10-11-22(26)30/h6-13,16,32H,5,14-15,30H2,1-4H3/t16-/m1/s1. The Kier molecular flexibility index (Phi) is 6.45. The number of hydrogen-bond donors (Lipinski definition) is 2. The molecule has 172 valence electrons. The largest absolute Gasteiger partial charge is 0.504 e. The molecule has 33 heavy (non-hydrogen) atoms. The molecule has 0 saturated carbocycles. The van der Waals surface area contributed by atoms with Crippen molar-refractivity contribution in [3.63, 3.8) is 0 Å². The van der Waals surface area contributed by atoms with Crippen LogP contribution in [0.4, 0.5) is 5.69 Å². The number of aromatic hydroxyl groups is 1. The second kappa shape index (κ2) is 9.01. The van der Waals surface area contributed by atoms with Gasteiger partial charge in [0.15, 0.2) is 17.3 Å². The number of benzene rings is 3. The maximum Gasteiger partial charge on any atom is 0.171 e. The van der Waals surface area contributed by atoms with Crippen LogP contribution in [0.3, 0.4) is 0 Å². The van der Waals surface area contributed by atoms with E-state index in [1.54, 1.807) is 0 Å². The summed E-state index contributed by atoms with van der Waals surface area (Å²) >= 11 is 2.11. The van der Waals surface area contributed by atoms with Crippen LogP contribution in [0.25, 0.3) is 16.3 Å². The predicted octanol–water partition coefficient (Wildman–Crippen LogP) is 7.08. The van der Waals surface area contributed by atoms with Crippen LogP contribution >= 0.6 is 22.6 Å². The number of phenolic OH excluding ortho intramolecular Hbond substituents is 1. The number of nitrogens with two attached hydrogens (primary N) is 1. The molecule has 1 aliphatic carbocycles. The Hall–Kier alpha value is -2.54. The lowest BCUT2D eigenvalue weighted by Gasteiger charge is -2.35. The highest BCUT2D eigenvalue weighted by Gasteiger charge is 2.37. The van der Waals surface area contributed by atoms with Gasteiger partial charge in [0.25, 0.3) is 0 Å². The van der Waals surface area contributed by atoms with Crippen LogP contribution in [0.1, 0.15) is 57.6 Å². The lowest BCUT2D eigenvalue weighted by atomic mass is 9.68. The van der Waals surface area contributed by atoms with Gasteiger partial charge in [0.2, 0.25) is 0 Å². The van der Waals surface area contributed by atoms with E-state index in [9.17, 15) is 9.90 Å². The molecule has 0 fully saturated rings. The zero-order chi connectivity index (χ0) is 23.9. The third-order valence-electron chi connectivity index (χ3n) is 6.47. The van der Waals surface area contributed by atoms with E-state index in [4.69, 9.17) is 10.5 Å². The summed E-state index contributed by atoms with van der Waals surface area (Å²) in [5.74, 6) is 0.566. The van der Waals surface area contributed by atoms with E-state index in [-0.39, 0.29) is 22.9 Å². The molecule has 1 aliphatic rings. The molecule has 0 heterocycles. The van der Waals surface area contributed by atoms with Crippen LogP contribution in [0.2, 0.25) is 0 Å². The molecule has 4 nitrogen and oxygen atoms in total. The molecule has 0 spiro atoms. The second-order valence-corrected chi connectivity index (χ2v) is 10.8. The van der Waals surface area contributed by atoms with Crippen molar-refractivity contribution in [3.8, 4) is 11.5 Å². The Morgan fingerprint density at radius 1 is 1.15 bits per heavy atom. The number of carbonyl (C=O) groups is 1. The number of halogens is 1. The summed E-state index contributed by atoms with van der Waals surface area (Å²) in [6.07, 6.45) is 1.26. The van der Waals surface area contributed by atoms with Gasteiger partial charge < -0.3 is 15.6 Å². The molecule has 0 aliphatic heterocycles. The number of ketones is 1. The monoisotopic (exact) mass is 555 g/mol. The van der Waals surface area contributed by atoms with E-state index in [0.29, 0.717) is 28.0 Å². The van der Waals surface area contributed by atoms with Gasteiger partial charge in [-0.1, -0.05) is 51.1 Å². The molecule has 3 aromatic rings. The van der Waals surface area contributed by atoms with Crippen molar-refractivity contribution in [2.75, 3.05) is 12.3 Å². The fraction of sp³-hybridized carbons (Fsp3) is 0.321. The van der Waals surface area contributed by atoms with Crippen LogP contribution in [0.5, 0.6) is 11.5 Å². The molecule has 1 atom stereocenters. The van der Waals surface area contributed by atoms with Crippen molar-refractivity contribution in [2.24, 2.45) is 5.41 Å². The molecule has 5 heteroatoms. The van der Waals surface area contributed by atoms with E-state index in [1.807, 2.05) is 43.3 Å². The summed E-state index contributed by atoms with van der Waals surface area (Å²) in [6.45, 7) is 8.69. The molecule has 0 amide bonds. The van der Waals surface area contributed by atoms with Crippen molar-refractivity contribution >= 4 is 50.4 Å². The molecule has 3 N–H and O–H groups in total. The first kappa shape index (κ1) is 23.6. The van der Waals surface area contributed by atoms with Gasteiger partial charge in [0.1, 0.15) is 0 Å². The zero-order valence-electron chi connectivity index (χ0n) is 19.5. The van der Waals surface area contributed by atoms with Gasteiger partial charge in [-0.05, 0) is 81.5 Å². The summed E-state index contributed by atoms with van der Waals surface area (Å²) in [5, 5.41) is 12.6. The van der Waals surface area contributed by atoms with Gasteiger partial charge in [0.05, 0.1) is 10.2 Å². The molecule has 0 unspecified atom stereocenters. The number of phenols is 1. The minimum Gasteiger partial charge on any atom is -0.504 e. The third kappa shape index (κ3) is 4.47. The molecular weight excluding hydrogens is 525 g/mol. The van der Waals surface area contributed by atoms with Crippen molar-refractivity contribution in [1.82, 2.24) is 0 Å². The Morgan fingerprint density at radius 2 is 1.88 bits per heavy atom. The average Bonchev–Trinajstić information content (AvgIpc) is 2.75. The van der Waals surface area contributed by atoms with E-state index >= 15 is 0 Å². The smallest absolute Gasteiger partial charge is 0.171 e. The number of carbonyl (C=O) groups excluding carboxylic acids is 1. The predicted molar refractivity (Wildman–Crippen MR) is 144 cm³/mol. The fourth-order valence-corrected chi connectivity index (χ4v) is 5.59. The van der Waals surface area contributed by atoms with E-state index < -0.39 is 0 Å². The highest BCUT2D eigenvalue weighted by Crippen LogP contribution is 2.49. The number of allylic oxidation sites excluding steroid dienone is 2. The quantitative estimate of drug-likeness (QED) is 0.261. The fourth-order valence-electron chi connectivity index (χ4n) is 4.96. The van der Waals surface area contributed by atoms with Gasteiger partial charge >= 0.3 is 0 Å². The molecule has 3 aromatic carbocycles. The maximum atomic E-state index is 13.6. The van der Waals surface area contributed by atoms with Crippen LogP contribution in [0.15, 0.2) is 54.1 Å². The van der Waals surface area contributed by atoms with Gasteiger partial charge in [-0.3, -0.25) is 4.79 Å². The summed E-state index contributed by atoms with van der Waals surface area (Å²) in [4.78, 5) is 13.6. The first-order valence-electron chi connectivity index (χ1n) is 11.3. The number of Topliss-reactive ketones (excluding diaryl/α,β-unsaturated/α-hetero) is 1. The van der Waals surface area contributed by atoms with Crippen LogP contribution < -0.4 is 10.5 Å². The topological polar surface area (TPSA) is 72.5 Å². The number of hydrogen-bond acceptors (Lipinski definition) is 4. The molecular formula is C28H30INO3. The third-order valence-corrected chi connectivity index (χ3v) is 7.29. The van der Waals surface area contributed by atoms with Crippen LogP contribution in [-0.4, -0.2) is 17.5 Å². The van der Waals surface area contributed by atoms with E-state index in [2.05, 4.69) is 55.5 Å². The normalized spacial score (nSPS) is 16.8. The van der Waals surface area contributed by atoms with Crippen molar-refractivity contribution in [3.05, 3.63) is 68.8 Å². The van der Waals surface area contributed by atoms with Gasteiger partial charge in [-0.25, -0.2) is 0 Å². The summed E-state index contributed by atoms with van der Waals surface area (Å²) in [7, 11) is 0. The number of anilines is 1. The number of nitrogen functional groups attached to an aromatic ring is 1. The minimum absolute atomic E-state index is 0.136. The lowest BCUT2D eigenvalue weighted by molar-refractivity contribution is -0.118. The Labute approximate surface area is 209 Å². The van der Waals surface area contributed by atoms with Crippen LogP contribution in [0, 0.1) is 8.99 Å². The zero-order valence-corrected chi connectivity index (χ0v) is 21.7. The highest BCUT2D eigenvalue weighted by atomic mass is 127. The van der Waals surface area contributed by atoms with Gasteiger partial charge in [-0.15, -0.1) is 0 Å². The first-order chi connectivity index (χ1) is 15.6. The average molecular weight is 555 g/mol. The number of rotatable bonds is 5. The minimum atomic E-state index is -0.171. The molecule has 0 aromatic heterocycles. The van der Waals surface area contributed by atoms with Crippen molar-refractivity contribution in [2.45, 2.75) is 46.5 Å². The molecule has 0 radical (unpaired) electrons. The Morgan fingerprint density at radius 3 is 2.61 bits per heavy atom.